The first-order valence-electron chi connectivity index (χ1n) is 7.13. The Balaban J connectivity index is 2.08. The van der Waals surface area contributed by atoms with E-state index in [1.54, 1.807) is 6.20 Å². The molecule has 4 aromatic rings. The van der Waals surface area contributed by atoms with E-state index >= 15 is 0 Å². The van der Waals surface area contributed by atoms with E-state index in [4.69, 9.17) is 11.6 Å². The number of rotatable bonds is 1. The maximum atomic E-state index is 6.63. The van der Waals surface area contributed by atoms with Gasteiger partial charge in [0.15, 0.2) is 0 Å². The number of halogens is 1. The molecule has 0 saturated carbocycles. The summed E-state index contributed by atoms with van der Waals surface area (Å²) in [7, 11) is 0. The Hall–Kier alpha value is -2.45. The molecule has 0 bridgehead atoms. The molecule has 2 nitrogen and oxygen atoms in total. The van der Waals surface area contributed by atoms with Crippen LogP contribution in [0.2, 0.25) is 5.02 Å². The van der Waals surface area contributed by atoms with Crippen molar-refractivity contribution in [3.05, 3.63) is 71.5 Å². The van der Waals surface area contributed by atoms with Crippen molar-refractivity contribution in [1.29, 1.82) is 0 Å². The van der Waals surface area contributed by atoms with Gasteiger partial charge in [-0.15, -0.1) is 0 Å². The first kappa shape index (κ1) is 13.2. The number of fused-ring (bicyclic) bond motifs is 2. The highest BCUT2D eigenvalue weighted by Gasteiger charge is 2.13. The smallest absolute Gasteiger partial charge is 0.0916 e. The summed E-state index contributed by atoms with van der Waals surface area (Å²) in [5.41, 5.74) is 3.89. The van der Waals surface area contributed by atoms with Gasteiger partial charge in [0.05, 0.1) is 16.2 Å². The second kappa shape index (κ2) is 5.08. The molecule has 0 spiro atoms. The maximum Gasteiger partial charge on any atom is 0.0916 e. The third-order valence-corrected chi connectivity index (χ3v) is 4.36. The van der Waals surface area contributed by atoms with Crippen molar-refractivity contribution in [2.75, 3.05) is 0 Å². The average molecular weight is 305 g/mol. The summed E-state index contributed by atoms with van der Waals surface area (Å²) in [5.74, 6) is 0. The third kappa shape index (κ3) is 1.96. The highest BCUT2D eigenvalue weighted by atomic mass is 35.5. The van der Waals surface area contributed by atoms with Gasteiger partial charge in [-0.05, 0) is 18.6 Å². The molecular formula is C19H13ClN2. The van der Waals surface area contributed by atoms with Crippen molar-refractivity contribution in [2.24, 2.45) is 0 Å². The minimum Gasteiger partial charge on any atom is -0.256 e. The quantitative estimate of drug-likeness (QED) is 0.470. The minimum absolute atomic E-state index is 0.675. The van der Waals surface area contributed by atoms with Crippen LogP contribution in [0.5, 0.6) is 0 Å². The van der Waals surface area contributed by atoms with Crippen LogP contribution < -0.4 is 0 Å². The van der Waals surface area contributed by atoms with E-state index in [2.05, 4.69) is 29.0 Å². The Morgan fingerprint density at radius 2 is 1.68 bits per heavy atom. The van der Waals surface area contributed by atoms with E-state index in [-0.39, 0.29) is 0 Å². The molecule has 2 heterocycles. The second-order valence-electron chi connectivity index (χ2n) is 5.34. The summed E-state index contributed by atoms with van der Waals surface area (Å²) in [5, 5.41) is 3.86. The second-order valence-corrected chi connectivity index (χ2v) is 5.72. The number of hydrogen-bond acceptors (Lipinski definition) is 2. The zero-order valence-electron chi connectivity index (χ0n) is 12.0. The summed E-state index contributed by atoms with van der Waals surface area (Å²) in [4.78, 5) is 9.13. The summed E-state index contributed by atoms with van der Waals surface area (Å²) in [6, 6.07) is 16.2. The van der Waals surface area contributed by atoms with Gasteiger partial charge in [-0.25, -0.2) is 0 Å². The molecule has 0 radical (unpaired) electrons. The van der Waals surface area contributed by atoms with E-state index in [9.17, 15) is 0 Å². The lowest BCUT2D eigenvalue weighted by Crippen LogP contribution is -1.91. The molecule has 0 N–H and O–H groups in total. The first-order valence-corrected chi connectivity index (χ1v) is 7.51. The summed E-state index contributed by atoms with van der Waals surface area (Å²) < 4.78 is 0. The van der Waals surface area contributed by atoms with Gasteiger partial charge in [0.2, 0.25) is 0 Å². The Kier molecular flexibility index (Phi) is 3.05. The first-order chi connectivity index (χ1) is 10.8. The maximum absolute atomic E-state index is 6.63. The lowest BCUT2D eigenvalue weighted by atomic mass is 10.0. The molecule has 2 aromatic carbocycles. The molecule has 106 valence electrons. The molecule has 4 rings (SSSR count). The van der Waals surface area contributed by atoms with Crippen molar-refractivity contribution < 1.29 is 0 Å². The molecule has 0 aliphatic heterocycles. The van der Waals surface area contributed by atoms with E-state index in [1.165, 1.54) is 5.56 Å². The van der Waals surface area contributed by atoms with Crippen molar-refractivity contribution >= 4 is 33.3 Å². The molecule has 0 fully saturated rings. The minimum atomic E-state index is 0.675. The average Bonchev–Trinajstić information content (AvgIpc) is 2.57. The molecule has 3 heteroatoms. The van der Waals surface area contributed by atoms with E-state index in [1.807, 2.05) is 42.6 Å². The molecule has 0 unspecified atom stereocenters. The Bertz CT molecular complexity index is 1010. The highest BCUT2D eigenvalue weighted by molar-refractivity contribution is 6.38. The van der Waals surface area contributed by atoms with Gasteiger partial charge in [-0.3, -0.25) is 9.97 Å². The van der Waals surface area contributed by atoms with Crippen molar-refractivity contribution in [2.45, 2.75) is 6.92 Å². The topological polar surface area (TPSA) is 25.8 Å². The fourth-order valence-corrected chi connectivity index (χ4v) is 3.14. The SMILES string of the molecule is Cc1ccc(-c2ncc3ccccc3c2Cl)c2ncccc12. The lowest BCUT2D eigenvalue weighted by Gasteiger charge is -2.10. The molecule has 0 aliphatic rings. The molecule has 0 aliphatic carbocycles. The predicted molar refractivity (Wildman–Crippen MR) is 92.2 cm³/mol. The van der Waals surface area contributed by atoms with Gasteiger partial charge in [0.25, 0.3) is 0 Å². The van der Waals surface area contributed by atoms with Gasteiger partial charge in [0, 0.05) is 34.1 Å². The van der Waals surface area contributed by atoms with Crippen LogP contribution in [0.15, 0.2) is 60.9 Å². The van der Waals surface area contributed by atoms with Crippen molar-refractivity contribution in [1.82, 2.24) is 9.97 Å². The lowest BCUT2D eigenvalue weighted by molar-refractivity contribution is 1.33. The third-order valence-electron chi connectivity index (χ3n) is 3.98. The van der Waals surface area contributed by atoms with Crippen LogP contribution in [0.3, 0.4) is 0 Å². The number of aromatic nitrogens is 2. The number of nitrogens with zero attached hydrogens (tertiary/aromatic N) is 2. The summed E-state index contributed by atoms with van der Waals surface area (Å²) in [6.45, 7) is 2.09. The molecular weight excluding hydrogens is 292 g/mol. The Morgan fingerprint density at radius 1 is 0.864 bits per heavy atom. The van der Waals surface area contributed by atoms with E-state index in [0.29, 0.717) is 5.02 Å². The molecule has 2 aromatic heterocycles. The monoisotopic (exact) mass is 304 g/mol. The van der Waals surface area contributed by atoms with Crippen LogP contribution in [0, 0.1) is 6.92 Å². The van der Waals surface area contributed by atoms with Gasteiger partial charge < -0.3 is 0 Å². The van der Waals surface area contributed by atoms with Gasteiger partial charge >= 0.3 is 0 Å². The Labute approximate surface area is 133 Å². The van der Waals surface area contributed by atoms with Gasteiger partial charge in [-0.1, -0.05) is 54.1 Å². The molecule has 0 saturated heterocycles. The summed E-state index contributed by atoms with van der Waals surface area (Å²) in [6.07, 6.45) is 3.67. The molecule has 22 heavy (non-hydrogen) atoms. The van der Waals surface area contributed by atoms with Crippen LogP contribution in [0.25, 0.3) is 32.9 Å². The predicted octanol–water partition coefficient (Wildman–Crippen LogP) is 5.41. The summed E-state index contributed by atoms with van der Waals surface area (Å²) >= 11 is 6.63. The van der Waals surface area contributed by atoms with E-state index < -0.39 is 0 Å². The fraction of sp³-hybridized carbons (Fsp3) is 0.0526. The molecule has 0 amide bonds. The van der Waals surface area contributed by atoms with Crippen LogP contribution in [-0.4, -0.2) is 9.97 Å². The Morgan fingerprint density at radius 3 is 2.59 bits per heavy atom. The normalized spacial score (nSPS) is 11.2. The number of hydrogen-bond donors (Lipinski definition) is 0. The number of aryl methyl sites for hydroxylation is 1. The van der Waals surface area contributed by atoms with Crippen LogP contribution in [0.4, 0.5) is 0 Å². The zero-order valence-corrected chi connectivity index (χ0v) is 12.8. The highest BCUT2D eigenvalue weighted by Crippen LogP contribution is 2.35. The van der Waals surface area contributed by atoms with Crippen molar-refractivity contribution in [3.63, 3.8) is 0 Å². The van der Waals surface area contributed by atoms with Gasteiger partial charge in [-0.2, -0.15) is 0 Å². The van der Waals surface area contributed by atoms with Crippen LogP contribution >= 0.6 is 11.6 Å². The zero-order chi connectivity index (χ0) is 15.1. The number of benzene rings is 2. The van der Waals surface area contributed by atoms with E-state index in [0.717, 1.165) is 32.9 Å². The van der Waals surface area contributed by atoms with Crippen LogP contribution in [0.1, 0.15) is 5.56 Å². The van der Waals surface area contributed by atoms with Crippen molar-refractivity contribution in [3.8, 4) is 11.3 Å². The standard InChI is InChI=1S/C19H13ClN2/c1-12-8-9-16(18-14(12)7-4-10-21-18)19-17(20)15-6-3-2-5-13(15)11-22-19/h2-11H,1H3. The van der Waals surface area contributed by atoms with Gasteiger partial charge in [0.1, 0.15) is 0 Å². The fourth-order valence-electron chi connectivity index (χ4n) is 2.82. The number of pyridine rings is 2. The molecule has 0 atom stereocenters. The largest absolute Gasteiger partial charge is 0.256 e. The van der Waals surface area contributed by atoms with Crippen LogP contribution in [-0.2, 0) is 0 Å².